The van der Waals surface area contributed by atoms with E-state index in [9.17, 15) is 22.0 Å². The van der Waals surface area contributed by atoms with Crippen LogP contribution in [-0.4, -0.2) is 257 Å². The molecule has 1 aliphatic carbocycles. The predicted octanol–water partition coefficient (Wildman–Crippen LogP) is 20.4. The monoisotopic (exact) mass is 1810 g/mol. The third kappa shape index (κ3) is 25.4. The van der Waals surface area contributed by atoms with E-state index in [1.165, 1.54) is 179 Å². The van der Waals surface area contributed by atoms with Gasteiger partial charge < -0.3 is 55.2 Å². The number of anilines is 4. The molecular weight excluding hydrogens is 1670 g/mol. The van der Waals surface area contributed by atoms with Crippen molar-refractivity contribution in [1.29, 1.82) is 0 Å². The van der Waals surface area contributed by atoms with Gasteiger partial charge in [-0.25, -0.2) is 8.78 Å². The Morgan fingerprint density at radius 2 is 0.797 bits per heavy atom. The minimum Gasteiger partial charge on any atom is -0.406 e. The SMILES string of the molecule is C1=C(c2cccc(N3CCC(NCCc4ccccc4)CC3)c2)Cc2ccccc21.CC(C)N1CCN(C2CCN(c3cccc(-c4cc5cc(F)ccc5[nH]4)c3)CC2)CC1.CC(C)N1CCN(CCNC2CCN(c3cccc(-c4cc5cc(OC(F)(F)F)ccc5[nH]4)c3)CC2)CC1.CC(C)N1CCN(CCNC2CCN(c3cccc(-c4cc5cccc(F)c5[nH]4)c3)CC2)CC1. The van der Waals surface area contributed by atoms with Gasteiger partial charge in [-0.1, -0.05) is 121 Å². The number of aromatic amines is 3. The maximum absolute atomic E-state index is 14.1. The van der Waals surface area contributed by atoms with Gasteiger partial charge in [-0.15, -0.1) is 13.2 Å². The highest BCUT2D eigenvalue weighted by molar-refractivity contribution is 5.91. The van der Waals surface area contributed by atoms with E-state index in [0.29, 0.717) is 47.2 Å². The number of benzene rings is 9. The number of hydrogen-bond donors (Lipinski definition) is 6. The number of halogens is 5. The fourth-order valence-electron chi connectivity index (χ4n) is 21.0. The Balaban J connectivity index is 0.000000124. The number of para-hydroxylation sites is 1. The normalized spacial score (nSPS) is 18.4. The molecule has 12 aromatic rings. The highest BCUT2D eigenvalue weighted by atomic mass is 19.4. The van der Waals surface area contributed by atoms with Gasteiger partial charge in [-0.3, -0.25) is 29.4 Å². The summed E-state index contributed by atoms with van der Waals surface area (Å²) in [6, 6.07) is 79.3. The summed E-state index contributed by atoms with van der Waals surface area (Å²) in [7, 11) is 0. The number of fused-ring (bicyclic) bond motifs is 4. The molecule has 6 N–H and O–H groups in total. The fraction of sp³-hybridized carbons (Fsp3) is 0.441. The van der Waals surface area contributed by atoms with Crippen molar-refractivity contribution in [2.24, 2.45) is 0 Å². The van der Waals surface area contributed by atoms with Crippen LogP contribution < -0.4 is 40.3 Å². The van der Waals surface area contributed by atoms with Crippen molar-refractivity contribution < 1.29 is 26.7 Å². The zero-order valence-electron chi connectivity index (χ0n) is 79.0. The molecule has 0 atom stereocenters. The van der Waals surface area contributed by atoms with Gasteiger partial charge in [0.1, 0.15) is 17.4 Å². The topological polar surface area (TPSA) is 125 Å². The number of ether oxygens (including phenoxy) is 1. The number of nitrogens with zero attached hydrogens (tertiary/aromatic N) is 10. The third-order valence-corrected chi connectivity index (χ3v) is 29.2. The van der Waals surface area contributed by atoms with Crippen LogP contribution in [0.25, 0.3) is 78.1 Å². The summed E-state index contributed by atoms with van der Waals surface area (Å²) in [4.78, 5) is 35.6. The largest absolute Gasteiger partial charge is 0.573 e. The van der Waals surface area contributed by atoms with Gasteiger partial charge in [0.2, 0.25) is 0 Å². The molecule has 704 valence electrons. The molecule has 10 heterocycles. The van der Waals surface area contributed by atoms with Gasteiger partial charge in [0.25, 0.3) is 0 Å². The van der Waals surface area contributed by atoms with Crippen LogP contribution in [0.15, 0.2) is 224 Å². The molecule has 0 bridgehead atoms. The van der Waals surface area contributed by atoms with Crippen molar-refractivity contribution >= 4 is 67.1 Å². The van der Waals surface area contributed by atoms with Crippen molar-refractivity contribution in [2.45, 2.75) is 154 Å². The first-order valence-electron chi connectivity index (χ1n) is 49.5. The number of alkyl halides is 3. The van der Waals surface area contributed by atoms with Gasteiger partial charge in [-0.05, 0) is 260 Å². The summed E-state index contributed by atoms with van der Waals surface area (Å²) in [6.45, 7) is 42.1. The first-order chi connectivity index (χ1) is 64.7. The summed E-state index contributed by atoms with van der Waals surface area (Å²) in [6.07, 6.45) is 9.28. The lowest BCUT2D eigenvalue weighted by atomic mass is 10.0. The Morgan fingerprint density at radius 1 is 0.376 bits per heavy atom. The molecule has 0 saturated carbocycles. The van der Waals surface area contributed by atoms with E-state index < -0.39 is 6.36 Å². The van der Waals surface area contributed by atoms with Gasteiger partial charge in [0.05, 0.1) is 5.52 Å². The van der Waals surface area contributed by atoms with Crippen LogP contribution in [0.5, 0.6) is 5.75 Å². The average Bonchev–Trinajstić information content (AvgIpc) is 1.66. The van der Waals surface area contributed by atoms with E-state index in [1.54, 1.807) is 18.2 Å². The summed E-state index contributed by atoms with van der Waals surface area (Å²) in [5, 5.41) is 13.9. The molecule has 22 heteroatoms. The number of piperazine rings is 3. The zero-order chi connectivity index (χ0) is 91.7. The molecule has 8 aliphatic rings. The number of piperidine rings is 4. The minimum absolute atomic E-state index is 0.194. The Hall–Kier alpha value is -10.4. The van der Waals surface area contributed by atoms with Crippen LogP contribution >= 0.6 is 0 Å². The van der Waals surface area contributed by atoms with Crippen molar-refractivity contribution in [2.75, 3.05) is 183 Å². The highest BCUT2D eigenvalue weighted by Crippen LogP contribution is 2.38. The lowest BCUT2D eigenvalue weighted by molar-refractivity contribution is -0.274. The Labute approximate surface area is 785 Å². The second kappa shape index (κ2) is 44.9. The molecule has 0 radical (unpaired) electrons. The first-order valence-corrected chi connectivity index (χ1v) is 49.5. The standard InChI is InChI=1S/C29H38F3N5O.C28H38FN5.C28H30N2.C26H33FN4/c1-21(2)36-16-14-35(15-17-36)13-10-33-24-8-11-37(12-9-24)25-5-3-4-22(18-25)28-20-23-19-26(38-29(30,31)32)6-7-27(23)34-28;1-21(2)33-17-15-32(16-18-33)14-11-30-24-9-12-34(13-10-24)25-7-3-5-22(19-25)27-20-23-6-4-8-26(29)28(23)31-27;1-2-7-22(8-3-1)13-16-29-27-14-17-30(18-15-27)28-12-6-11-25(21-28)26-19-23-9-4-5-10-24(23)20-26;1-19(2)29-12-14-31(15-13-29)23-8-10-30(11-9-23)24-5-3-4-20(17-24)26-18-21-16-22(27)6-7-25(21)28-26/h3-7,18-21,24,33-34H,8-17H2,1-2H3;3-8,19-21,24,30-31H,9-18H2,1-2H3;1-12,19,21,27,29H,13-18,20H2;3-7,16-19,23,28H,8-15H2,1-2H3. The molecule has 7 aliphatic heterocycles. The number of rotatable bonds is 25. The van der Waals surface area contributed by atoms with E-state index in [2.05, 4.69) is 272 Å². The van der Waals surface area contributed by atoms with E-state index in [4.69, 9.17) is 0 Å². The molecule has 3 aromatic heterocycles. The van der Waals surface area contributed by atoms with E-state index >= 15 is 0 Å². The summed E-state index contributed by atoms with van der Waals surface area (Å²) < 4.78 is 69.5. The molecular formula is C111H139F5N16O. The van der Waals surface area contributed by atoms with Crippen molar-refractivity contribution in [3.05, 3.63) is 258 Å². The van der Waals surface area contributed by atoms with E-state index in [-0.39, 0.29) is 17.4 Å². The number of aromatic nitrogens is 3. The van der Waals surface area contributed by atoms with Crippen LogP contribution in [0.2, 0.25) is 0 Å². The van der Waals surface area contributed by atoms with Gasteiger partial charge in [0, 0.05) is 272 Å². The molecule has 0 unspecified atom stereocenters. The number of nitrogens with one attached hydrogen (secondary N) is 6. The first kappa shape index (κ1) is 94.4. The minimum atomic E-state index is -4.70. The number of hydrogen-bond acceptors (Lipinski definition) is 14. The summed E-state index contributed by atoms with van der Waals surface area (Å²) >= 11 is 0. The predicted molar refractivity (Wildman–Crippen MR) is 542 cm³/mol. The fourth-order valence-corrected chi connectivity index (χ4v) is 21.0. The second-order valence-corrected chi connectivity index (χ2v) is 38.7. The molecule has 7 saturated heterocycles. The molecule has 7 fully saturated rings. The lowest BCUT2D eigenvalue weighted by Crippen LogP contribution is -2.54. The van der Waals surface area contributed by atoms with Gasteiger partial charge >= 0.3 is 6.36 Å². The van der Waals surface area contributed by atoms with Crippen molar-refractivity contribution in [3.63, 3.8) is 0 Å². The second-order valence-electron chi connectivity index (χ2n) is 38.7. The molecule has 20 rings (SSSR count). The van der Waals surface area contributed by atoms with Crippen molar-refractivity contribution in [3.8, 4) is 39.5 Å². The zero-order valence-corrected chi connectivity index (χ0v) is 79.0. The molecule has 9 aromatic carbocycles. The molecule has 17 nitrogen and oxygen atoms in total. The number of allylic oxidation sites excluding steroid dienone is 1. The Morgan fingerprint density at radius 3 is 1.28 bits per heavy atom. The average molecular weight is 1810 g/mol. The van der Waals surface area contributed by atoms with Crippen LogP contribution in [-0.2, 0) is 12.8 Å². The van der Waals surface area contributed by atoms with Crippen LogP contribution in [0.3, 0.4) is 0 Å². The Kier molecular flexibility index (Phi) is 31.8. The number of H-pyrrole nitrogens is 3. The van der Waals surface area contributed by atoms with E-state index in [0.717, 1.165) is 185 Å². The molecule has 133 heavy (non-hydrogen) atoms. The smallest absolute Gasteiger partial charge is 0.406 e. The van der Waals surface area contributed by atoms with Crippen molar-refractivity contribution in [1.82, 2.24) is 60.3 Å². The quantitative estimate of drug-likeness (QED) is 0.0304. The highest BCUT2D eigenvalue weighted by Gasteiger charge is 2.33. The van der Waals surface area contributed by atoms with Crippen LogP contribution in [0, 0.1) is 11.6 Å². The van der Waals surface area contributed by atoms with Gasteiger partial charge in [0.15, 0.2) is 0 Å². The lowest BCUT2D eigenvalue weighted by Gasteiger charge is -2.44. The molecule has 0 spiro atoms. The van der Waals surface area contributed by atoms with E-state index in [1.807, 2.05) is 42.5 Å². The summed E-state index contributed by atoms with van der Waals surface area (Å²) in [5.74, 6) is -0.609. The van der Waals surface area contributed by atoms with Crippen LogP contribution in [0.4, 0.5) is 44.7 Å². The Bertz CT molecular complexity index is 5710. The van der Waals surface area contributed by atoms with Gasteiger partial charge in [-0.2, -0.15) is 0 Å². The third-order valence-electron chi connectivity index (χ3n) is 29.2. The van der Waals surface area contributed by atoms with Crippen LogP contribution in [0.1, 0.15) is 115 Å². The maximum atomic E-state index is 14.1. The molecule has 0 amide bonds. The summed E-state index contributed by atoms with van der Waals surface area (Å²) in [5.41, 5.74) is 20.6. The maximum Gasteiger partial charge on any atom is 0.573 e.